The number of nitrogen functional groups attached to an aromatic ring is 1. The first-order chi connectivity index (χ1) is 12.1. The van der Waals surface area contributed by atoms with Crippen LogP contribution in [0.3, 0.4) is 0 Å². The Hall–Kier alpha value is -2.24. The standard InChI is InChI=1S/C20H25ClN2O3/c1-19(2,3)26-18(24)23-13-12-14-8-10-15(11-9-14)20(21,25)16-6-4-5-7-17(16)22/h4-11,25H,12-13,22H2,1-3H3,(H,23,24). The van der Waals surface area contributed by atoms with E-state index in [2.05, 4.69) is 5.32 Å². The summed E-state index contributed by atoms with van der Waals surface area (Å²) in [5.74, 6) is 0. The van der Waals surface area contributed by atoms with Gasteiger partial charge in [-0.25, -0.2) is 4.79 Å². The number of anilines is 1. The number of carbonyl (C=O) groups is 1. The van der Waals surface area contributed by atoms with Gasteiger partial charge < -0.3 is 20.9 Å². The topological polar surface area (TPSA) is 84.6 Å². The van der Waals surface area contributed by atoms with Crippen LogP contribution in [0.2, 0.25) is 0 Å². The summed E-state index contributed by atoms with van der Waals surface area (Å²) in [7, 11) is 0. The maximum Gasteiger partial charge on any atom is 0.407 e. The number of alkyl carbamates (subject to hydrolysis) is 1. The lowest BCUT2D eigenvalue weighted by molar-refractivity contribution is 0.0528. The third-order valence-electron chi connectivity index (χ3n) is 3.74. The number of aliphatic hydroxyl groups is 1. The third-order valence-corrected chi connectivity index (χ3v) is 4.16. The Labute approximate surface area is 159 Å². The van der Waals surface area contributed by atoms with E-state index in [1.165, 1.54) is 0 Å². The molecule has 1 unspecified atom stereocenters. The third kappa shape index (κ3) is 5.38. The van der Waals surface area contributed by atoms with Crippen LogP contribution in [0.1, 0.15) is 37.5 Å². The van der Waals surface area contributed by atoms with Crippen molar-refractivity contribution < 1.29 is 14.6 Å². The maximum absolute atomic E-state index is 11.6. The van der Waals surface area contributed by atoms with Gasteiger partial charge in [0.25, 0.3) is 0 Å². The molecule has 26 heavy (non-hydrogen) atoms. The van der Waals surface area contributed by atoms with E-state index >= 15 is 0 Å². The number of benzene rings is 2. The van der Waals surface area contributed by atoms with E-state index in [-0.39, 0.29) is 0 Å². The molecule has 0 bridgehead atoms. The van der Waals surface area contributed by atoms with Crippen LogP contribution in [0.25, 0.3) is 0 Å². The summed E-state index contributed by atoms with van der Waals surface area (Å²) in [6, 6.07) is 14.2. The number of carbonyl (C=O) groups excluding carboxylic acids is 1. The quantitative estimate of drug-likeness (QED) is 0.547. The van der Waals surface area contributed by atoms with Gasteiger partial charge >= 0.3 is 6.09 Å². The molecule has 2 aromatic carbocycles. The van der Waals surface area contributed by atoms with Crippen molar-refractivity contribution in [2.24, 2.45) is 0 Å². The summed E-state index contributed by atoms with van der Waals surface area (Å²) in [4.78, 5) is 11.6. The van der Waals surface area contributed by atoms with Crippen LogP contribution < -0.4 is 11.1 Å². The van der Waals surface area contributed by atoms with Crippen LogP contribution in [0.4, 0.5) is 10.5 Å². The molecule has 2 rings (SSSR count). The number of amides is 1. The van der Waals surface area contributed by atoms with Gasteiger partial charge in [-0.05, 0) is 38.8 Å². The highest BCUT2D eigenvalue weighted by Gasteiger charge is 2.30. The second-order valence-electron chi connectivity index (χ2n) is 7.08. The summed E-state index contributed by atoms with van der Waals surface area (Å²) in [6.07, 6.45) is 0.192. The van der Waals surface area contributed by atoms with E-state index in [9.17, 15) is 9.90 Å². The van der Waals surface area contributed by atoms with Crippen LogP contribution in [0, 0.1) is 0 Å². The molecule has 140 valence electrons. The van der Waals surface area contributed by atoms with Gasteiger partial charge in [-0.2, -0.15) is 0 Å². The Kier molecular flexibility index (Phi) is 6.16. The smallest absolute Gasteiger partial charge is 0.407 e. The zero-order valence-electron chi connectivity index (χ0n) is 15.3. The van der Waals surface area contributed by atoms with Crippen molar-refractivity contribution in [2.75, 3.05) is 12.3 Å². The molecule has 0 fully saturated rings. The van der Waals surface area contributed by atoms with Crippen molar-refractivity contribution >= 4 is 23.4 Å². The lowest BCUT2D eigenvalue weighted by Crippen LogP contribution is -2.33. The van der Waals surface area contributed by atoms with Gasteiger partial charge in [0, 0.05) is 23.4 Å². The lowest BCUT2D eigenvalue weighted by atomic mass is 9.98. The normalized spacial score (nSPS) is 13.7. The number of rotatable bonds is 5. The van der Waals surface area contributed by atoms with E-state index in [0.29, 0.717) is 29.8 Å². The zero-order valence-corrected chi connectivity index (χ0v) is 16.0. The Morgan fingerprint density at radius 1 is 1.15 bits per heavy atom. The van der Waals surface area contributed by atoms with E-state index < -0.39 is 16.8 Å². The first-order valence-electron chi connectivity index (χ1n) is 8.42. The number of hydrogen-bond acceptors (Lipinski definition) is 4. The second-order valence-corrected chi connectivity index (χ2v) is 7.63. The van der Waals surface area contributed by atoms with Crippen molar-refractivity contribution in [3.8, 4) is 0 Å². The second kappa shape index (κ2) is 7.98. The molecule has 0 aliphatic carbocycles. The van der Waals surface area contributed by atoms with Gasteiger partial charge in [-0.15, -0.1) is 0 Å². The number of nitrogens with two attached hydrogens (primary N) is 1. The van der Waals surface area contributed by atoms with Crippen molar-refractivity contribution in [1.29, 1.82) is 0 Å². The summed E-state index contributed by atoms with van der Waals surface area (Å²) >= 11 is 6.35. The molecule has 2 aromatic rings. The molecule has 0 saturated heterocycles. The fourth-order valence-electron chi connectivity index (χ4n) is 2.47. The molecule has 0 aliphatic rings. The van der Waals surface area contributed by atoms with Gasteiger partial charge in [0.1, 0.15) is 5.60 Å². The Morgan fingerprint density at radius 3 is 2.35 bits per heavy atom. The largest absolute Gasteiger partial charge is 0.444 e. The van der Waals surface area contributed by atoms with Gasteiger partial charge in [-0.1, -0.05) is 54.1 Å². The number of nitrogens with one attached hydrogen (secondary N) is 1. The van der Waals surface area contributed by atoms with Crippen LogP contribution in [-0.2, 0) is 16.2 Å². The molecule has 0 aliphatic heterocycles. The van der Waals surface area contributed by atoms with E-state index in [1.54, 1.807) is 36.4 Å². The molecule has 5 nitrogen and oxygen atoms in total. The molecule has 0 spiro atoms. The minimum Gasteiger partial charge on any atom is -0.444 e. The molecule has 0 saturated carbocycles. The number of alkyl halides is 1. The average molecular weight is 377 g/mol. The molecular formula is C20H25ClN2O3. The fraction of sp³-hybridized carbons (Fsp3) is 0.350. The first-order valence-corrected chi connectivity index (χ1v) is 8.80. The molecule has 6 heteroatoms. The highest BCUT2D eigenvalue weighted by molar-refractivity contribution is 6.25. The lowest BCUT2D eigenvalue weighted by Gasteiger charge is -2.23. The van der Waals surface area contributed by atoms with E-state index in [1.807, 2.05) is 32.9 Å². The highest BCUT2D eigenvalue weighted by Crippen LogP contribution is 2.36. The molecule has 1 amide bonds. The summed E-state index contributed by atoms with van der Waals surface area (Å²) in [5.41, 5.74) is 7.80. The van der Waals surface area contributed by atoms with E-state index in [0.717, 1.165) is 5.56 Å². The van der Waals surface area contributed by atoms with Crippen LogP contribution in [0.5, 0.6) is 0 Å². The van der Waals surface area contributed by atoms with Crippen molar-refractivity contribution in [2.45, 2.75) is 37.9 Å². The Balaban J connectivity index is 1.98. The van der Waals surface area contributed by atoms with Crippen molar-refractivity contribution in [3.63, 3.8) is 0 Å². The maximum atomic E-state index is 11.6. The number of para-hydroxylation sites is 1. The Bertz CT molecular complexity index is 752. The first kappa shape index (κ1) is 20.1. The molecule has 0 aromatic heterocycles. The summed E-state index contributed by atoms with van der Waals surface area (Å²) in [5, 5.41) is 11.7. The minimum atomic E-state index is -1.70. The van der Waals surface area contributed by atoms with Gasteiger partial charge in [0.2, 0.25) is 0 Å². The number of ether oxygens (including phenoxy) is 1. The highest BCUT2D eigenvalue weighted by atomic mass is 35.5. The zero-order chi connectivity index (χ0) is 19.4. The van der Waals surface area contributed by atoms with E-state index in [4.69, 9.17) is 22.1 Å². The SMILES string of the molecule is CC(C)(C)OC(=O)NCCc1ccc(C(O)(Cl)c2ccccc2N)cc1. The van der Waals surface area contributed by atoms with Crippen molar-refractivity contribution in [1.82, 2.24) is 5.32 Å². The summed E-state index contributed by atoms with van der Waals surface area (Å²) < 4.78 is 5.19. The fourth-order valence-corrected chi connectivity index (χ4v) is 2.77. The minimum absolute atomic E-state index is 0.427. The number of hydrogen-bond donors (Lipinski definition) is 3. The summed E-state index contributed by atoms with van der Waals surface area (Å²) in [6.45, 7) is 5.90. The predicted octanol–water partition coefficient (Wildman–Crippen LogP) is 3.77. The molecule has 0 heterocycles. The van der Waals surface area contributed by atoms with Crippen LogP contribution in [0.15, 0.2) is 48.5 Å². The van der Waals surface area contributed by atoms with Crippen LogP contribution in [-0.4, -0.2) is 23.3 Å². The van der Waals surface area contributed by atoms with Gasteiger partial charge in [-0.3, -0.25) is 0 Å². The predicted molar refractivity (Wildman–Crippen MR) is 104 cm³/mol. The Morgan fingerprint density at radius 2 is 1.77 bits per heavy atom. The molecule has 4 N–H and O–H groups in total. The van der Waals surface area contributed by atoms with Crippen molar-refractivity contribution in [3.05, 3.63) is 65.2 Å². The average Bonchev–Trinajstić information content (AvgIpc) is 2.54. The number of halogens is 1. The van der Waals surface area contributed by atoms with Gasteiger partial charge in [0.05, 0.1) is 0 Å². The molecule has 0 radical (unpaired) electrons. The monoisotopic (exact) mass is 376 g/mol. The molecule has 1 atom stereocenters. The van der Waals surface area contributed by atoms with Gasteiger partial charge in [0.15, 0.2) is 5.06 Å². The van der Waals surface area contributed by atoms with Crippen LogP contribution >= 0.6 is 11.6 Å². The molecular weight excluding hydrogens is 352 g/mol.